The van der Waals surface area contributed by atoms with Gasteiger partial charge in [0.15, 0.2) is 0 Å². The zero-order valence-corrected chi connectivity index (χ0v) is 20.5. The molecule has 0 fully saturated rings. The number of rotatable bonds is 9. The van der Waals surface area contributed by atoms with E-state index in [1.165, 1.54) is 14.2 Å². The van der Waals surface area contributed by atoms with Gasteiger partial charge in [-0.1, -0.05) is 6.07 Å². The third-order valence-electron chi connectivity index (χ3n) is 5.94. The molecule has 1 atom stereocenters. The number of ether oxygens (including phenoxy) is 4. The summed E-state index contributed by atoms with van der Waals surface area (Å²) in [7, 11) is 5.87. The van der Waals surface area contributed by atoms with Gasteiger partial charge in [0.25, 0.3) is 5.84 Å². The lowest BCUT2D eigenvalue weighted by Crippen LogP contribution is -2.56. The summed E-state index contributed by atoms with van der Waals surface area (Å²) in [5.74, 6) is 1.10. The van der Waals surface area contributed by atoms with Gasteiger partial charge in [-0.05, 0) is 30.3 Å². The second-order valence-electron chi connectivity index (χ2n) is 7.90. The maximum absolute atomic E-state index is 12.2. The Morgan fingerprint density at radius 2 is 1.75 bits per heavy atom. The van der Waals surface area contributed by atoms with Gasteiger partial charge in [-0.25, -0.2) is 4.79 Å². The van der Waals surface area contributed by atoms with E-state index in [9.17, 15) is 9.59 Å². The average Bonchev–Trinajstić information content (AvgIpc) is 3.25. The van der Waals surface area contributed by atoms with Gasteiger partial charge in [-0.2, -0.15) is 4.99 Å². The van der Waals surface area contributed by atoms with Crippen molar-refractivity contribution in [3.63, 3.8) is 0 Å². The van der Waals surface area contributed by atoms with Gasteiger partial charge in [0.2, 0.25) is 5.70 Å². The molecule has 0 radical (unpaired) electrons. The van der Waals surface area contributed by atoms with E-state index >= 15 is 0 Å². The predicted molar refractivity (Wildman–Crippen MR) is 132 cm³/mol. The van der Waals surface area contributed by atoms with Gasteiger partial charge < -0.3 is 18.9 Å². The van der Waals surface area contributed by atoms with Crippen molar-refractivity contribution in [2.24, 2.45) is 9.98 Å². The number of benzene rings is 2. The number of carbonyl (C=O) groups excluding carboxylic acids is 2. The Morgan fingerprint density at radius 1 is 0.972 bits per heavy atom. The summed E-state index contributed by atoms with van der Waals surface area (Å²) in [4.78, 5) is 33.2. The van der Waals surface area contributed by atoms with Gasteiger partial charge in [-0.3, -0.25) is 9.79 Å². The molecule has 0 saturated carbocycles. The number of quaternary nitrogens is 1. The molecule has 0 bridgehead atoms. The van der Waals surface area contributed by atoms with Gasteiger partial charge >= 0.3 is 11.9 Å². The Labute approximate surface area is 208 Å². The van der Waals surface area contributed by atoms with Crippen LogP contribution in [0.3, 0.4) is 0 Å². The topological polar surface area (TPSA) is 108 Å². The fourth-order valence-electron chi connectivity index (χ4n) is 4.05. The minimum absolute atomic E-state index is 0.00256. The molecular weight excluding hydrogens is 464 g/mol. The van der Waals surface area contributed by atoms with Crippen molar-refractivity contribution in [1.82, 2.24) is 5.43 Å². The molecule has 2 aromatic rings. The number of esters is 2. The van der Waals surface area contributed by atoms with Crippen LogP contribution in [0.5, 0.6) is 11.5 Å². The molecule has 2 aliphatic heterocycles. The lowest BCUT2D eigenvalue weighted by molar-refractivity contribution is -0.791. The molecule has 1 N–H and O–H groups in total. The lowest BCUT2D eigenvalue weighted by atomic mass is 10.1. The second-order valence-corrected chi connectivity index (χ2v) is 7.90. The van der Waals surface area contributed by atoms with E-state index in [1.807, 2.05) is 24.4 Å². The number of amidine groups is 1. The van der Waals surface area contributed by atoms with Crippen LogP contribution < -0.4 is 14.9 Å². The number of hydrogen-bond acceptors (Lipinski definition) is 9. The van der Waals surface area contributed by atoms with Gasteiger partial charge in [0, 0.05) is 11.6 Å². The summed E-state index contributed by atoms with van der Waals surface area (Å²) in [6.45, 7) is 0.389. The molecule has 0 saturated heterocycles. The number of fused-ring (bicyclic) bond motifs is 1. The Hall–Kier alpha value is -4.28. The standard InChI is InChI=1S/C26H27N4O6/c1-33-20-10-9-19(23(13-20)34-2)15-28-30-12-11-27-16-22(30)21(14-24(31)35-3)29-25(30)17-5-7-18(8-6-17)26(32)36-4/h5-13,16,28H,14-15H2,1-4H3/q+1. The van der Waals surface area contributed by atoms with Gasteiger partial charge in [-0.15, -0.1) is 10.0 Å². The third kappa shape index (κ3) is 4.64. The molecule has 2 aliphatic rings. The van der Waals surface area contributed by atoms with Crippen LogP contribution in [-0.4, -0.2) is 57.0 Å². The van der Waals surface area contributed by atoms with Crippen LogP contribution >= 0.6 is 0 Å². The third-order valence-corrected chi connectivity index (χ3v) is 5.94. The van der Waals surface area contributed by atoms with E-state index in [2.05, 4.69) is 10.4 Å². The Kier molecular flexibility index (Phi) is 7.28. The smallest absolute Gasteiger partial charge is 0.337 e. The number of allylic oxidation sites excluding steroid dienone is 1. The highest BCUT2D eigenvalue weighted by molar-refractivity contribution is 6.01. The zero-order chi connectivity index (χ0) is 25.7. The maximum atomic E-state index is 12.2. The maximum Gasteiger partial charge on any atom is 0.337 e. The molecule has 186 valence electrons. The Bertz CT molecular complexity index is 1300. The highest BCUT2D eigenvalue weighted by atomic mass is 16.5. The number of carbonyl (C=O) groups is 2. The van der Waals surface area contributed by atoms with E-state index in [0.717, 1.165) is 11.1 Å². The van der Waals surface area contributed by atoms with Crippen LogP contribution in [0.15, 0.2) is 76.2 Å². The molecule has 36 heavy (non-hydrogen) atoms. The first-order valence-corrected chi connectivity index (χ1v) is 11.1. The molecule has 2 heterocycles. The van der Waals surface area contributed by atoms with E-state index in [-0.39, 0.29) is 11.0 Å². The van der Waals surface area contributed by atoms with Crippen molar-refractivity contribution in [1.29, 1.82) is 0 Å². The predicted octanol–water partition coefficient (Wildman–Crippen LogP) is 3.10. The number of nitrogens with one attached hydrogen (secondary N) is 1. The fraction of sp³-hybridized carbons (Fsp3) is 0.231. The van der Waals surface area contributed by atoms with E-state index < -0.39 is 11.9 Å². The Morgan fingerprint density at radius 3 is 2.42 bits per heavy atom. The molecule has 10 nitrogen and oxygen atoms in total. The van der Waals surface area contributed by atoms with Crippen molar-refractivity contribution in [2.45, 2.75) is 13.0 Å². The largest absolute Gasteiger partial charge is 0.497 e. The van der Waals surface area contributed by atoms with Gasteiger partial charge in [0.05, 0.1) is 64.9 Å². The summed E-state index contributed by atoms with van der Waals surface area (Å²) in [5.41, 5.74) is 6.81. The molecule has 1 unspecified atom stereocenters. The van der Waals surface area contributed by atoms with Crippen molar-refractivity contribution in [3.05, 3.63) is 82.9 Å². The first-order chi connectivity index (χ1) is 17.4. The van der Waals surface area contributed by atoms with Crippen molar-refractivity contribution in [3.8, 4) is 11.5 Å². The average molecular weight is 492 g/mol. The number of methoxy groups -OCH3 is 4. The number of aliphatic imine (C=N–C) groups is 2. The molecular formula is C26H27N4O6+. The van der Waals surface area contributed by atoms with Gasteiger partial charge in [0.1, 0.15) is 23.4 Å². The minimum Gasteiger partial charge on any atom is -0.497 e. The van der Waals surface area contributed by atoms with E-state index in [1.54, 1.807) is 50.9 Å². The first-order valence-electron chi connectivity index (χ1n) is 11.1. The van der Waals surface area contributed by atoms with E-state index in [4.69, 9.17) is 23.9 Å². The van der Waals surface area contributed by atoms with Crippen LogP contribution in [0.1, 0.15) is 27.9 Å². The number of nitrogens with zero attached hydrogens (tertiary/aromatic N) is 3. The molecule has 2 aromatic carbocycles. The minimum atomic E-state index is -0.432. The zero-order valence-electron chi connectivity index (χ0n) is 20.5. The first kappa shape index (κ1) is 24.8. The second kappa shape index (κ2) is 10.5. The lowest BCUT2D eigenvalue weighted by Gasteiger charge is -2.32. The molecule has 10 heteroatoms. The van der Waals surface area contributed by atoms with Crippen molar-refractivity contribution in [2.75, 3.05) is 28.4 Å². The molecule has 4 rings (SSSR count). The highest BCUT2D eigenvalue weighted by Gasteiger charge is 2.47. The summed E-state index contributed by atoms with van der Waals surface area (Å²) >= 11 is 0. The van der Waals surface area contributed by atoms with Crippen LogP contribution in [0.4, 0.5) is 0 Å². The van der Waals surface area contributed by atoms with Crippen LogP contribution in [0.2, 0.25) is 0 Å². The SMILES string of the molecule is COC(=O)CC1=C2C=NC=C[N+]2(NCc2ccc(OC)cc2OC)C(c2ccc(C(=O)OC)cc2)=N1. The summed E-state index contributed by atoms with van der Waals surface area (Å²) in [6.07, 6.45) is 5.17. The summed E-state index contributed by atoms with van der Waals surface area (Å²) in [6, 6.07) is 12.5. The van der Waals surface area contributed by atoms with Crippen molar-refractivity contribution >= 4 is 24.0 Å². The van der Waals surface area contributed by atoms with Crippen LogP contribution in [-0.2, 0) is 20.8 Å². The molecule has 0 aliphatic carbocycles. The molecule has 0 amide bonds. The van der Waals surface area contributed by atoms with Crippen LogP contribution in [0, 0.1) is 0 Å². The Balaban J connectivity index is 1.76. The summed E-state index contributed by atoms with van der Waals surface area (Å²) in [5, 5.41) is 0. The van der Waals surface area contributed by atoms with Crippen molar-refractivity contribution < 1.29 is 33.1 Å². The summed E-state index contributed by atoms with van der Waals surface area (Å²) < 4.78 is 20.6. The molecule has 0 aromatic heterocycles. The monoisotopic (exact) mass is 491 g/mol. The quantitative estimate of drug-likeness (QED) is 0.424. The number of hydrogen-bond donors (Lipinski definition) is 1. The fourth-order valence-corrected chi connectivity index (χ4v) is 4.05. The van der Waals surface area contributed by atoms with Crippen LogP contribution in [0.25, 0.3) is 0 Å². The normalized spacial score (nSPS) is 17.9. The highest BCUT2D eigenvalue weighted by Crippen LogP contribution is 2.35. The molecule has 0 spiro atoms. The van der Waals surface area contributed by atoms with E-state index in [0.29, 0.717) is 40.8 Å².